The van der Waals surface area contributed by atoms with Gasteiger partial charge in [-0.3, -0.25) is 9.59 Å². The van der Waals surface area contributed by atoms with Crippen molar-refractivity contribution in [1.82, 2.24) is 10.6 Å². The lowest BCUT2D eigenvalue weighted by Gasteiger charge is -2.13. The number of carbonyl (C=O) groups is 2. The summed E-state index contributed by atoms with van der Waals surface area (Å²) < 4.78 is 5.09. The van der Waals surface area contributed by atoms with Gasteiger partial charge in [0.25, 0.3) is 0 Å². The monoisotopic (exact) mass is 368 g/mol. The molecule has 2 aromatic heterocycles. The summed E-state index contributed by atoms with van der Waals surface area (Å²) in [6, 6.07) is 15.3. The number of furan rings is 1. The first kappa shape index (κ1) is 17.9. The van der Waals surface area contributed by atoms with Gasteiger partial charge in [-0.15, -0.1) is 11.3 Å². The van der Waals surface area contributed by atoms with Crippen molar-refractivity contribution in [3.63, 3.8) is 0 Å². The van der Waals surface area contributed by atoms with E-state index in [0.29, 0.717) is 13.0 Å². The molecule has 26 heavy (non-hydrogen) atoms. The van der Waals surface area contributed by atoms with Crippen molar-refractivity contribution in [2.45, 2.75) is 19.4 Å². The second-order valence-corrected chi connectivity index (χ2v) is 7.06. The summed E-state index contributed by atoms with van der Waals surface area (Å²) in [6.07, 6.45) is 4.02. The number of thiophene rings is 1. The summed E-state index contributed by atoms with van der Waals surface area (Å²) in [7, 11) is 0. The standard InChI is InChI=1S/C20H20N2O3S/c1-14(15-5-3-2-4-6-15)22-20(24)19(23)21-11-9-17-7-8-18(26-17)16-10-12-25-13-16/h2-8,10,12-14H,9,11H2,1H3,(H,21,23)(H,22,24). The molecular formula is C20H20N2O3S. The Labute approximate surface area is 156 Å². The fraction of sp³-hybridized carbons (Fsp3) is 0.200. The Morgan fingerprint density at radius 3 is 2.62 bits per heavy atom. The fourth-order valence-corrected chi connectivity index (χ4v) is 3.53. The molecule has 1 unspecified atom stereocenters. The number of nitrogens with one attached hydrogen (secondary N) is 2. The van der Waals surface area contributed by atoms with Crippen LogP contribution >= 0.6 is 11.3 Å². The number of carbonyl (C=O) groups excluding carboxylic acids is 2. The summed E-state index contributed by atoms with van der Waals surface area (Å²) in [4.78, 5) is 26.2. The van der Waals surface area contributed by atoms with Crippen LogP contribution in [0.25, 0.3) is 10.4 Å². The highest BCUT2D eigenvalue weighted by Gasteiger charge is 2.16. The Balaban J connectivity index is 1.44. The van der Waals surface area contributed by atoms with E-state index in [4.69, 9.17) is 4.42 Å². The Hall–Kier alpha value is -2.86. The molecule has 0 aliphatic heterocycles. The molecule has 0 aliphatic carbocycles. The normalized spacial score (nSPS) is 11.7. The zero-order valence-corrected chi connectivity index (χ0v) is 15.2. The highest BCUT2D eigenvalue weighted by molar-refractivity contribution is 7.15. The molecule has 3 rings (SSSR count). The van der Waals surface area contributed by atoms with Gasteiger partial charge in [0, 0.05) is 21.9 Å². The van der Waals surface area contributed by atoms with Gasteiger partial charge in [0.15, 0.2) is 0 Å². The van der Waals surface area contributed by atoms with E-state index in [1.165, 1.54) is 0 Å². The minimum absolute atomic E-state index is 0.218. The van der Waals surface area contributed by atoms with Crippen molar-refractivity contribution in [3.8, 4) is 10.4 Å². The van der Waals surface area contributed by atoms with Gasteiger partial charge < -0.3 is 15.1 Å². The lowest BCUT2D eigenvalue weighted by atomic mass is 10.1. The van der Waals surface area contributed by atoms with Crippen LogP contribution in [-0.2, 0) is 16.0 Å². The van der Waals surface area contributed by atoms with Gasteiger partial charge in [-0.2, -0.15) is 0 Å². The molecule has 0 aliphatic rings. The van der Waals surface area contributed by atoms with Crippen molar-refractivity contribution in [2.75, 3.05) is 6.54 Å². The third-order valence-electron chi connectivity index (χ3n) is 3.98. The molecule has 3 aromatic rings. The van der Waals surface area contributed by atoms with Crippen molar-refractivity contribution >= 4 is 23.2 Å². The number of hydrogen-bond donors (Lipinski definition) is 2. The molecule has 0 fully saturated rings. The molecule has 2 N–H and O–H groups in total. The molecule has 2 heterocycles. The maximum absolute atomic E-state index is 12.0. The molecule has 134 valence electrons. The van der Waals surface area contributed by atoms with Crippen molar-refractivity contribution in [1.29, 1.82) is 0 Å². The minimum atomic E-state index is -0.619. The van der Waals surface area contributed by atoms with Gasteiger partial charge in [0.2, 0.25) is 0 Å². The lowest BCUT2D eigenvalue weighted by Crippen LogP contribution is -2.41. The predicted molar refractivity (Wildman–Crippen MR) is 102 cm³/mol. The van der Waals surface area contributed by atoms with Crippen molar-refractivity contribution in [3.05, 3.63) is 71.5 Å². The third-order valence-corrected chi connectivity index (χ3v) is 5.17. The molecule has 0 spiro atoms. The molecule has 0 saturated heterocycles. The minimum Gasteiger partial charge on any atom is -0.472 e. The van der Waals surface area contributed by atoms with E-state index in [2.05, 4.69) is 10.6 Å². The van der Waals surface area contributed by atoms with E-state index in [1.807, 2.05) is 55.5 Å². The number of hydrogen-bond acceptors (Lipinski definition) is 4. The summed E-state index contributed by atoms with van der Waals surface area (Å²) >= 11 is 1.65. The van der Waals surface area contributed by atoms with Crippen molar-refractivity contribution < 1.29 is 14.0 Å². The molecule has 1 atom stereocenters. The first-order valence-electron chi connectivity index (χ1n) is 8.38. The molecular weight excluding hydrogens is 348 g/mol. The molecule has 1 aromatic carbocycles. The van der Waals surface area contributed by atoms with Gasteiger partial charge in [-0.25, -0.2) is 0 Å². The summed E-state index contributed by atoms with van der Waals surface area (Å²) in [5.41, 5.74) is 2.00. The highest BCUT2D eigenvalue weighted by Crippen LogP contribution is 2.28. The van der Waals surface area contributed by atoms with Crippen LogP contribution in [0.3, 0.4) is 0 Å². The van der Waals surface area contributed by atoms with Crippen LogP contribution in [-0.4, -0.2) is 18.4 Å². The largest absolute Gasteiger partial charge is 0.472 e. The number of amides is 2. The molecule has 0 bridgehead atoms. The second kappa shape index (κ2) is 8.49. The zero-order valence-electron chi connectivity index (χ0n) is 14.4. The van der Waals surface area contributed by atoms with Gasteiger partial charge in [0.05, 0.1) is 18.6 Å². The van der Waals surface area contributed by atoms with Crippen LogP contribution in [0, 0.1) is 0 Å². The van der Waals surface area contributed by atoms with Crippen LogP contribution in [0.5, 0.6) is 0 Å². The fourth-order valence-electron chi connectivity index (χ4n) is 2.54. The van der Waals surface area contributed by atoms with Gasteiger partial charge in [0.1, 0.15) is 0 Å². The van der Waals surface area contributed by atoms with E-state index in [0.717, 1.165) is 20.9 Å². The zero-order chi connectivity index (χ0) is 18.4. The molecule has 0 radical (unpaired) electrons. The highest BCUT2D eigenvalue weighted by atomic mass is 32.1. The van der Waals surface area contributed by atoms with E-state index < -0.39 is 11.8 Å². The molecule has 5 nitrogen and oxygen atoms in total. The average Bonchev–Trinajstić information content (AvgIpc) is 3.34. The number of rotatable bonds is 6. The summed E-state index contributed by atoms with van der Waals surface area (Å²) in [5.74, 6) is -1.23. The second-order valence-electron chi connectivity index (χ2n) is 5.89. The first-order valence-corrected chi connectivity index (χ1v) is 9.20. The van der Waals surface area contributed by atoms with Gasteiger partial charge >= 0.3 is 11.8 Å². The Morgan fingerprint density at radius 1 is 1.08 bits per heavy atom. The maximum atomic E-state index is 12.0. The van der Waals surface area contributed by atoms with Crippen LogP contribution in [0.1, 0.15) is 23.4 Å². The van der Waals surface area contributed by atoms with Gasteiger partial charge in [-0.05, 0) is 37.1 Å². The van der Waals surface area contributed by atoms with Crippen LogP contribution in [0.15, 0.2) is 65.5 Å². The van der Waals surface area contributed by atoms with E-state index in [9.17, 15) is 9.59 Å². The quantitative estimate of drug-likeness (QED) is 0.654. The van der Waals surface area contributed by atoms with Crippen molar-refractivity contribution in [2.24, 2.45) is 0 Å². The summed E-state index contributed by atoms with van der Waals surface area (Å²) in [5, 5.41) is 5.38. The SMILES string of the molecule is CC(NC(=O)C(=O)NCCc1ccc(-c2ccoc2)s1)c1ccccc1. The van der Waals surface area contributed by atoms with Gasteiger partial charge in [-0.1, -0.05) is 30.3 Å². The van der Waals surface area contributed by atoms with Crippen LogP contribution < -0.4 is 10.6 Å². The summed E-state index contributed by atoms with van der Waals surface area (Å²) in [6.45, 7) is 2.26. The number of benzene rings is 1. The Kier molecular flexibility index (Phi) is 5.86. The Bertz CT molecular complexity index is 856. The van der Waals surface area contributed by atoms with Crippen LogP contribution in [0.4, 0.5) is 0 Å². The average molecular weight is 368 g/mol. The van der Waals surface area contributed by atoms with E-state index in [1.54, 1.807) is 23.9 Å². The molecule has 2 amide bonds. The smallest absolute Gasteiger partial charge is 0.309 e. The maximum Gasteiger partial charge on any atom is 0.309 e. The first-order chi connectivity index (χ1) is 12.6. The van der Waals surface area contributed by atoms with E-state index >= 15 is 0 Å². The molecule has 6 heteroatoms. The Morgan fingerprint density at radius 2 is 1.88 bits per heavy atom. The predicted octanol–water partition coefficient (Wildman–Crippen LogP) is 3.54. The lowest BCUT2D eigenvalue weighted by molar-refractivity contribution is -0.139. The molecule has 0 saturated carbocycles. The third kappa shape index (κ3) is 4.61. The van der Waals surface area contributed by atoms with E-state index in [-0.39, 0.29) is 6.04 Å². The topological polar surface area (TPSA) is 71.3 Å². The van der Waals surface area contributed by atoms with Crippen LogP contribution in [0.2, 0.25) is 0 Å².